The van der Waals surface area contributed by atoms with Crippen LogP contribution >= 0.6 is 0 Å². The molecule has 1 aliphatic heterocycles. The SMILES string of the molecule is CCOC(=O)CC1CCN(C)CC1Cc1ccccc1. The molecule has 0 bridgehead atoms. The first-order valence-electron chi connectivity index (χ1n) is 7.57. The van der Waals surface area contributed by atoms with Gasteiger partial charge in [-0.05, 0) is 50.8 Å². The van der Waals surface area contributed by atoms with Gasteiger partial charge in [0.05, 0.1) is 6.61 Å². The Hall–Kier alpha value is -1.35. The predicted octanol–water partition coefficient (Wildman–Crippen LogP) is 2.75. The normalized spacial score (nSPS) is 23.5. The van der Waals surface area contributed by atoms with Crippen LogP contribution in [0.2, 0.25) is 0 Å². The zero-order chi connectivity index (χ0) is 14.4. The van der Waals surface area contributed by atoms with Crippen LogP contribution < -0.4 is 0 Å². The average Bonchev–Trinajstić information content (AvgIpc) is 2.43. The van der Waals surface area contributed by atoms with Crippen LogP contribution in [0.5, 0.6) is 0 Å². The number of nitrogens with zero attached hydrogens (tertiary/aromatic N) is 1. The molecule has 20 heavy (non-hydrogen) atoms. The molecule has 2 rings (SSSR count). The van der Waals surface area contributed by atoms with E-state index < -0.39 is 0 Å². The summed E-state index contributed by atoms with van der Waals surface area (Å²) >= 11 is 0. The summed E-state index contributed by atoms with van der Waals surface area (Å²) in [5.41, 5.74) is 1.36. The molecule has 0 amide bonds. The number of esters is 1. The van der Waals surface area contributed by atoms with Gasteiger partial charge in [-0.3, -0.25) is 4.79 Å². The van der Waals surface area contributed by atoms with Crippen molar-refractivity contribution in [3.8, 4) is 0 Å². The number of ether oxygens (including phenoxy) is 1. The first-order valence-corrected chi connectivity index (χ1v) is 7.57. The van der Waals surface area contributed by atoms with E-state index in [2.05, 4.69) is 36.2 Å². The summed E-state index contributed by atoms with van der Waals surface area (Å²) < 4.78 is 5.12. The van der Waals surface area contributed by atoms with E-state index in [0.717, 1.165) is 25.9 Å². The van der Waals surface area contributed by atoms with E-state index in [4.69, 9.17) is 4.74 Å². The summed E-state index contributed by atoms with van der Waals surface area (Å²) in [5, 5.41) is 0. The van der Waals surface area contributed by atoms with Gasteiger partial charge in [0, 0.05) is 13.0 Å². The number of hydrogen-bond donors (Lipinski definition) is 0. The van der Waals surface area contributed by atoms with Crippen LogP contribution in [0.1, 0.15) is 25.3 Å². The van der Waals surface area contributed by atoms with E-state index in [-0.39, 0.29) is 5.97 Å². The van der Waals surface area contributed by atoms with Gasteiger partial charge in [0.2, 0.25) is 0 Å². The fourth-order valence-electron chi connectivity index (χ4n) is 3.11. The second-order valence-corrected chi connectivity index (χ2v) is 5.77. The molecule has 1 aliphatic rings. The molecule has 1 saturated heterocycles. The summed E-state index contributed by atoms with van der Waals surface area (Å²) in [5.74, 6) is 0.950. The minimum atomic E-state index is -0.0416. The molecule has 0 spiro atoms. The summed E-state index contributed by atoms with van der Waals surface area (Å²) in [7, 11) is 2.17. The third-order valence-electron chi connectivity index (χ3n) is 4.17. The largest absolute Gasteiger partial charge is 0.466 e. The Morgan fingerprint density at radius 2 is 2.05 bits per heavy atom. The lowest BCUT2D eigenvalue weighted by Gasteiger charge is -2.36. The number of carbonyl (C=O) groups excluding carboxylic acids is 1. The monoisotopic (exact) mass is 275 g/mol. The molecular formula is C17H25NO2. The van der Waals surface area contributed by atoms with Crippen molar-refractivity contribution in [1.29, 1.82) is 0 Å². The molecule has 1 fully saturated rings. The highest BCUT2D eigenvalue weighted by Crippen LogP contribution is 2.29. The van der Waals surface area contributed by atoms with Gasteiger partial charge in [0.25, 0.3) is 0 Å². The third kappa shape index (κ3) is 4.34. The van der Waals surface area contributed by atoms with Gasteiger partial charge in [-0.15, -0.1) is 0 Å². The summed E-state index contributed by atoms with van der Waals surface area (Å²) in [4.78, 5) is 14.1. The van der Waals surface area contributed by atoms with Crippen LogP contribution in [-0.2, 0) is 16.0 Å². The summed E-state index contributed by atoms with van der Waals surface area (Å²) in [6, 6.07) is 10.6. The first kappa shape index (κ1) is 15.0. The number of piperidine rings is 1. The Balaban J connectivity index is 1.99. The molecule has 3 heteroatoms. The first-order chi connectivity index (χ1) is 9.69. The smallest absolute Gasteiger partial charge is 0.306 e. The number of likely N-dealkylation sites (tertiary alicyclic amines) is 1. The van der Waals surface area contributed by atoms with Gasteiger partial charge in [-0.2, -0.15) is 0 Å². The zero-order valence-corrected chi connectivity index (χ0v) is 12.5. The summed E-state index contributed by atoms with van der Waals surface area (Å²) in [6.45, 7) is 4.50. The zero-order valence-electron chi connectivity index (χ0n) is 12.5. The molecule has 1 aromatic carbocycles. The van der Waals surface area contributed by atoms with Gasteiger partial charge < -0.3 is 9.64 Å². The minimum absolute atomic E-state index is 0.0416. The number of carbonyl (C=O) groups is 1. The third-order valence-corrected chi connectivity index (χ3v) is 4.17. The molecule has 0 aromatic heterocycles. The molecule has 0 saturated carbocycles. The lowest BCUT2D eigenvalue weighted by molar-refractivity contribution is -0.145. The number of benzene rings is 1. The Morgan fingerprint density at radius 1 is 1.30 bits per heavy atom. The van der Waals surface area contributed by atoms with Crippen molar-refractivity contribution < 1.29 is 9.53 Å². The average molecular weight is 275 g/mol. The van der Waals surface area contributed by atoms with E-state index in [1.807, 2.05) is 13.0 Å². The van der Waals surface area contributed by atoms with Crippen molar-refractivity contribution in [2.45, 2.75) is 26.2 Å². The van der Waals surface area contributed by atoms with Crippen LogP contribution in [0.4, 0.5) is 0 Å². The van der Waals surface area contributed by atoms with Crippen molar-refractivity contribution >= 4 is 5.97 Å². The van der Waals surface area contributed by atoms with Crippen molar-refractivity contribution in [1.82, 2.24) is 4.90 Å². The van der Waals surface area contributed by atoms with Crippen molar-refractivity contribution in [3.63, 3.8) is 0 Å². The highest BCUT2D eigenvalue weighted by atomic mass is 16.5. The second-order valence-electron chi connectivity index (χ2n) is 5.77. The fourth-order valence-corrected chi connectivity index (χ4v) is 3.11. The second kappa shape index (κ2) is 7.44. The van der Waals surface area contributed by atoms with Crippen molar-refractivity contribution in [2.75, 3.05) is 26.7 Å². The Labute approximate surface area is 121 Å². The fraction of sp³-hybridized carbons (Fsp3) is 0.588. The molecule has 3 nitrogen and oxygen atoms in total. The predicted molar refractivity (Wildman–Crippen MR) is 80.5 cm³/mol. The van der Waals surface area contributed by atoms with Crippen molar-refractivity contribution in [3.05, 3.63) is 35.9 Å². The standard InChI is InChI=1S/C17H25NO2/c1-3-20-17(19)12-15-9-10-18(2)13-16(15)11-14-7-5-4-6-8-14/h4-8,15-16H,3,9-13H2,1-2H3. The molecule has 1 heterocycles. The van der Waals surface area contributed by atoms with E-state index in [1.54, 1.807) is 0 Å². The van der Waals surface area contributed by atoms with Crippen LogP contribution in [0.15, 0.2) is 30.3 Å². The van der Waals surface area contributed by atoms with Gasteiger partial charge in [-0.1, -0.05) is 30.3 Å². The maximum atomic E-state index is 11.8. The van der Waals surface area contributed by atoms with Crippen LogP contribution in [0.3, 0.4) is 0 Å². The number of rotatable bonds is 5. The topological polar surface area (TPSA) is 29.5 Å². The maximum Gasteiger partial charge on any atom is 0.306 e. The Kier molecular flexibility index (Phi) is 5.60. The van der Waals surface area contributed by atoms with Gasteiger partial charge in [0.15, 0.2) is 0 Å². The van der Waals surface area contributed by atoms with Crippen LogP contribution in [-0.4, -0.2) is 37.6 Å². The van der Waals surface area contributed by atoms with Crippen LogP contribution in [0, 0.1) is 11.8 Å². The summed E-state index contributed by atoms with van der Waals surface area (Å²) in [6.07, 6.45) is 2.71. The quantitative estimate of drug-likeness (QED) is 0.774. The molecule has 1 aromatic rings. The molecule has 0 radical (unpaired) electrons. The van der Waals surface area contributed by atoms with Gasteiger partial charge in [-0.25, -0.2) is 0 Å². The maximum absolute atomic E-state index is 11.8. The van der Waals surface area contributed by atoms with E-state index in [1.165, 1.54) is 5.56 Å². The van der Waals surface area contributed by atoms with E-state index >= 15 is 0 Å². The minimum Gasteiger partial charge on any atom is -0.466 e. The Bertz CT molecular complexity index is 418. The van der Waals surface area contributed by atoms with Crippen molar-refractivity contribution in [2.24, 2.45) is 11.8 Å². The lowest BCUT2D eigenvalue weighted by atomic mass is 9.80. The van der Waals surface area contributed by atoms with E-state index in [9.17, 15) is 4.79 Å². The molecule has 110 valence electrons. The molecule has 2 atom stereocenters. The Morgan fingerprint density at radius 3 is 2.75 bits per heavy atom. The highest BCUT2D eigenvalue weighted by Gasteiger charge is 2.29. The molecule has 2 unspecified atom stereocenters. The molecule has 0 aliphatic carbocycles. The van der Waals surface area contributed by atoms with Gasteiger partial charge >= 0.3 is 5.97 Å². The van der Waals surface area contributed by atoms with E-state index in [0.29, 0.717) is 24.9 Å². The van der Waals surface area contributed by atoms with Crippen LogP contribution in [0.25, 0.3) is 0 Å². The molecule has 0 N–H and O–H groups in total. The molecular weight excluding hydrogens is 250 g/mol. The van der Waals surface area contributed by atoms with Gasteiger partial charge in [0.1, 0.15) is 0 Å². The highest BCUT2D eigenvalue weighted by molar-refractivity contribution is 5.69. The number of hydrogen-bond acceptors (Lipinski definition) is 3. The lowest BCUT2D eigenvalue weighted by Crippen LogP contribution is -2.40.